The summed E-state index contributed by atoms with van der Waals surface area (Å²) in [6.45, 7) is 3.49. The molecule has 0 aromatic carbocycles. The van der Waals surface area contributed by atoms with Crippen LogP contribution in [0.25, 0.3) is 0 Å². The smallest absolute Gasteiger partial charge is 0.191 e. The van der Waals surface area contributed by atoms with Gasteiger partial charge in [-0.25, -0.2) is 0 Å². The van der Waals surface area contributed by atoms with Gasteiger partial charge in [0.2, 0.25) is 0 Å². The van der Waals surface area contributed by atoms with Crippen molar-refractivity contribution in [1.82, 2.24) is 10.6 Å². The van der Waals surface area contributed by atoms with Crippen LogP contribution in [0.4, 0.5) is 0 Å². The molecule has 5 heteroatoms. The zero-order chi connectivity index (χ0) is 14.8. The third-order valence-electron chi connectivity index (χ3n) is 4.26. The predicted octanol–water partition coefficient (Wildman–Crippen LogP) is 2.07. The summed E-state index contributed by atoms with van der Waals surface area (Å²) < 4.78 is 11.5. The van der Waals surface area contributed by atoms with Crippen LogP contribution in [-0.4, -0.2) is 51.5 Å². The van der Waals surface area contributed by atoms with Gasteiger partial charge in [0, 0.05) is 33.4 Å². The summed E-state index contributed by atoms with van der Waals surface area (Å²) in [7, 11) is 1.81. The van der Waals surface area contributed by atoms with E-state index < -0.39 is 0 Å². The van der Waals surface area contributed by atoms with Crippen LogP contribution in [0.2, 0.25) is 0 Å². The fraction of sp³-hybridized carbons (Fsp3) is 0.938. The maximum atomic E-state index is 5.92. The fourth-order valence-electron chi connectivity index (χ4n) is 3.00. The van der Waals surface area contributed by atoms with Crippen molar-refractivity contribution in [1.29, 1.82) is 0 Å². The first-order valence-electron chi connectivity index (χ1n) is 8.56. The lowest BCUT2D eigenvalue weighted by Crippen LogP contribution is -2.41. The normalized spacial score (nSPS) is 24.2. The minimum atomic E-state index is 0.346. The Bertz CT molecular complexity index is 298. The molecule has 1 aliphatic carbocycles. The van der Waals surface area contributed by atoms with E-state index in [0.717, 1.165) is 45.1 Å². The van der Waals surface area contributed by atoms with E-state index in [0.29, 0.717) is 12.2 Å². The molecule has 0 radical (unpaired) electrons. The molecule has 2 rings (SSSR count). The van der Waals surface area contributed by atoms with E-state index in [4.69, 9.17) is 9.47 Å². The maximum absolute atomic E-state index is 5.92. The van der Waals surface area contributed by atoms with Gasteiger partial charge in [-0.15, -0.1) is 0 Å². The average Bonchev–Trinajstić information content (AvgIpc) is 3.04. The Morgan fingerprint density at radius 3 is 2.71 bits per heavy atom. The lowest BCUT2D eigenvalue weighted by Gasteiger charge is -2.22. The second-order valence-electron chi connectivity index (χ2n) is 6.00. The van der Waals surface area contributed by atoms with E-state index in [1.807, 2.05) is 7.05 Å². The lowest BCUT2D eigenvalue weighted by molar-refractivity contribution is 0.0277. The maximum Gasteiger partial charge on any atom is 0.191 e. The van der Waals surface area contributed by atoms with Crippen LogP contribution in [0, 0.1) is 0 Å². The standard InChI is InChI=1S/C16H31N3O2/c1-17-16(19-13-15-9-5-11-21-15)18-10-6-12-20-14-7-3-2-4-8-14/h14-15H,2-13H2,1H3,(H2,17,18,19). The molecule has 0 aromatic rings. The molecule has 2 fully saturated rings. The molecule has 0 spiro atoms. The number of nitrogens with zero attached hydrogens (tertiary/aromatic N) is 1. The van der Waals surface area contributed by atoms with E-state index in [1.165, 1.54) is 38.5 Å². The summed E-state index contributed by atoms with van der Waals surface area (Å²) in [5, 5.41) is 6.66. The predicted molar refractivity (Wildman–Crippen MR) is 85.8 cm³/mol. The number of hydrogen-bond acceptors (Lipinski definition) is 3. The minimum absolute atomic E-state index is 0.346. The molecule has 1 unspecified atom stereocenters. The Morgan fingerprint density at radius 2 is 2.00 bits per heavy atom. The molecular formula is C16H31N3O2. The Labute approximate surface area is 128 Å². The molecule has 2 aliphatic rings. The van der Waals surface area contributed by atoms with Gasteiger partial charge < -0.3 is 20.1 Å². The van der Waals surface area contributed by atoms with Gasteiger partial charge >= 0.3 is 0 Å². The van der Waals surface area contributed by atoms with Crippen molar-refractivity contribution in [2.24, 2.45) is 4.99 Å². The number of rotatable bonds is 7. The monoisotopic (exact) mass is 297 g/mol. The second-order valence-corrected chi connectivity index (χ2v) is 6.00. The van der Waals surface area contributed by atoms with Crippen LogP contribution in [0.5, 0.6) is 0 Å². The number of ether oxygens (including phenoxy) is 2. The highest BCUT2D eigenvalue weighted by molar-refractivity contribution is 5.79. The topological polar surface area (TPSA) is 54.9 Å². The molecule has 0 aromatic heterocycles. The van der Waals surface area contributed by atoms with Gasteiger partial charge in [0.25, 0.3) is 0 Å². The first-order chi connectivity index (χ1) is 10.4. The Balaban J connectivity index is 1.47. The van der Waals surface area contributed by atoms with Crippen LogP contribution >= 0.6 is 0 Å². The first-order valence-corrected chi connectivity index (χ1v) is 8.56. The second kappa shape index (κ2) is 10.0. The molecule has 2 N–H and O–H groups in total. The average molecular weight is 297 g/mol. The SMILES string of the molecule is CN=C(NCCCOC1CCCCC1)NCC1CCCO1. The highest BCUT2D eigenvalue weighted by Crippen LogP contribution is 2.20. The van der Waals surface area contributed by atoms with Gasteiger partial charge in [-0.1, -0.05) is 19.3 Å². The van der Waals surface area contributed by atoms with Crippen molar-refractivity contribution >= 4 is 5.96 Å². The van der Waals surface area contributed by atoms with E-state index in [9.17, 15) is 0 Å². The minimum Gasteiger partial charge on any atom is -0.378 e. The van der Waals surface area contributed by atoms with Gasteiger partial charge in [-0.3, -0.25) is 4.99 Å². The lowest BCUT2D eigenvalue weighted by atomic mass is 9.98. The quantitative estimate of drug-likeness (QED) is 0.429. The summed E-state index contributed by atoms with van der Waals surface area (Å²) in [5.41, 5.74) is 0. The Kier molecular flexibility index (Phi) is 7.89. The van der Waals surface area contributed by atoms with Gasteiger partial charge in [-0.2, -0.15) is 0 Å². The number of nitrogens with one attached hydrogen (secondary N) is 2. The molecule has 5 nitrogen and oxygen atoms in total. The molecule has 0 bridgehead atoms. The van der Waals surface area contributed by atoms with E-state index in [1.54, 1.807) is 0 Å². The van der Waals surface area contributed by atoms with Crippen molar-refractivity contribution in [3.63, 3.8) is 0 Å². The van der Waals surface area contributed by atoms with E-state index >= 15 is 0 Å². The molecule has 0 amide bonds. The van der Waals surface area contributed by atoms with Gasteiger partial charge in [0.05, 0.1) is 12.2 Å². The summed E-state index contributed by atoms with van der Waals surface area (Å²) >= 11 is 0. The Hall–Kier alpha value is -0.810. The van der Waals surface area contributed by atoms with Gasteiger partial charge in [-0.05, 0) is 32.1 Å². The van der Waals surface area contributed by atoms with Gasteiger partial charge in [0.15, 0.2) is 5.96 Å². The number of guanidine groups is 1. The van der Waals surface area contributed by atoms with Crippen LogP contribution in [-0.2, 0) is 9.47 Å². The van der Waals surface area contributed by atoms with Crippen LogP contribution in [0.1, 0.15) is 51.4 Å². The molecule has 1 atom stereocenters. The van der Waals surface area contributed by atoms with Crippen molar-refractivity contribution in [3.8, 4) is 0 Å². The molecule has 21 heavy (non-hydrogen) atoms. The van der Waals surface area contributed by atoms with E-state index in [-0.39, 0.29) is 0 Å². The largest absolute Gasteiger partial charge is 0.378 e. The summed E-state index contributed by atoms with van der Waals surface area (Å²) in [6.07, 6.45) is 10.8. The number of aliphatic imine (C=N–C) groups is 1. The van der Waals surface area contributed by atoms with Crippen LogP contribution in [0.15, 0.2) is 4.99 Å². The molecule has 1 saturated heterocycles. The zero-order valence-corrected chi connectivity index (χ0v) is 13.4. The third-order valence-corrected chi connectivity index (χ3v) is 4.26. The van der Waals surface area contributed by atoms with Crippen molar-refractivity contribution in [2.75, 3.05) is 33.4 Å². The molecule has 1 heterocycles. The van der Waals surface area contributed by atoms with Crippen molar-refractivity contribution in [2.45, 2.75) is 63.6 Å². The summed E-state index contributed by atoms with van der Waals surface area (Å²) in [5.74, 6) is 0.864. The number of hydrogen-bond donors (Lipinski definition) is 2. The fourth-order valence-corrected chi connectivity index (χ4v) is 3.00. The molecule has 1 aliphatic heterocycles. The van der Waals surface area contributed by atoms with Crippen molar-refractivity contribution in [3.05, 3.63) is 0 Å². The van der Waals surface area contributed by atoms with E-state index in [2.05, 4.69) is 15.6 Å². The highest BCUT2D eigenvalue weighted by Gasteiger charge is 2.15. The molecular weight excluding hydrogens is 266 g/mol. The highest BCUT2D eigenvalue weighted by atomic mass is 16.5. The molecule has 1 saturated carbocycles. The van der Waals surface area contributed by atoms with Crippen LogP contribution in [0.3, 0.4) is 0 Å². The summed E-state index contributed by atoms with van der Waals surface area (Å²) in [4.78, 5) is 4.23. The van der Waals surface area contributed by atoms with Gasteiger partial charge in [0.1, 0.15) is 0 Å². The zero-order valence-electron chi connectivity index (χ0n) is 13.4. The molecule has 122 valence electrons. The van der Waals surface area contributed by atoms with Crippen molar-refractivity contribution < 1.29 is 9.47 Å². The first kappa shape index (κ1) is 16.6. The van der Waals surface area contributed by atoms with Crippen LogP contribution < -0.4 is 10.6 Å². The summed E-state index contributed by atoms with van der Waals surface area (Å²) in [6, 6.07) is 0. The third kappa shape index (κ3) is 6.66. The Morgan fingerprint density at radius 1 is 1.14 bits per heavy atom.